The summed E-state index contributed by atoms with van der Waals surface area (Å²) in [6, 6.07) is -0.193. The number of rotatable bonds is 3. The van der Waals surface area contributed by atoms with E-state index >= 15 is 0 Å². The first kappa shape index (κ1) is 13.2. The summed E-state index contributed by atoms with van der Waals surface area (Å²) in [6.07, 6.45) is 5.98. The molecule has 0 spiro atoms. The minimum Gasteiger partial charge on any atom is -0.332 e. The van der Waals surface area contributed by atoms with E-state index in [0.717, 1.165) is 51.4 Å². The maximum absolute atomic E-state index is 12.4. The van der Waals surface area contributed by atoms with E-state index < -0.39 is 0 Å². The number of Topliss-reactive ketones (excluding diaryl/α,β-unsaturated/α-hetero) is 1. The number of amides is 1. The van der Waals surface area contributed by atoms with Crippen molar-refractivity contribution in [2.75, 3.05) is 6.54 Å². The molecule has 0 aromatic carbocycles. The molecular weight excluding hydrogens is 230 g/mol. The van der Waals surface area contributed by atoms with Crippen molar-refractivity contribution in [3.63, 3.8) is 0 Å². The minimum atomic E-state index is -0.193. The van der Waals surface area contributed by atoms with Crippen molar-refractivity contribution in [1.82, 2.24) is 4.90 Å². The van der Waals surface area contributed by atoms with Crippen molar-refractivity contribution in [1.29, 1.82) is 0 Å². The highest BCUT2D eigenvalue weighted by molar-refractivity contribution is 5.89. The van der Waals surface area contributed by atoms with Gasteiger partial charge in [0.15, 0.2) is 5.78 Å². The van der Waals surface area contributed by atoms with Crippen molar-refractivity contribution < 1.29 is 14.4 Å². The first-order chi connectivity index (χ1) is 8.63. The Morgan fingerprint density at radius 3 is 2.33 bits per heavy atom. The van der Waals surface area contributed by atoms with Crippen LogP contribution in [0.2, 0.25) is 0 Å². The zero-order valence-electron chi connectivity index (χ0n) is 10.9. The summed E-state index contributed by atoms with van der Waals surface area (Å²) in [5.41, 5.74) is 0. The molecule has 2 rings (SSSR count). The second-order valence-electron chi connectivity index (χ2n) is 5.55. The van der Waals surface area contributed by atoms with E-state index in [1.54, 1.807) is 11.8 Å². The van der Waals surface area contributed by atoms with E-state index in [1.807, 2.05) is 0 Å². The van der Waals surface area contributed by atoms with Crippen LogP contribution in [0.25, 0.3) is 0 Å². The molecule has 1 unspecified atom stereocenters. The van der Waals surface area contributed by atoms with Gasteiger partial charge in [-0.25, -0.2) is 0 Å². The van der Waals surface area contributed by atoms with Gasteiger partial charge in [0, 0.05) is 18.4 Å². The van der Waals surface area contributed by atoms with Crippen LogP contribution < -0.4 is 0 Å². The van der Waals surface area contributed by atoms with E-state index in [9.17, 15) is 14.4 Å². The number of nitrogens with zero attached hydrogens (tertiary/aromatic N) is 1. The third-order valence-corrected chi connectivity index (χ3v) is 4.32. The predicted octanol–water partition coefficient (Wildman–Crippen LogP) is 1.57. The SMILES string of the molecule is CC(=O)C1CCCN1C(=O)C1CCC(C=O)CC1. The summed E-state index contributed by atoms with van der Waals surface area (Å²) in [5.74, 6) is 0.400. The number of hydrogen-bond donors (Lipinski definition) is 0. The van der Waals surface area contributed by atoms with Crippen LogP contribution in [-0.4, -0.2) is 35.5 Å². The van der Waals surface area contributed by atoms with E-state index in [1.165, 1.54) is 0 Å². The Bertz CT molecular complexity index is 345. The topological polar surface area (TPSA) is 54.5 Å². The molecule has 1 aliphatic heterocycles. The summed E-state index contributed by atoms with van der Waals surface area (Å²) >= 11 is 0. The normalized spacial score (nSPS) is 32.3. The number of carbonyl (C=O) groups excluding carboxylic acids is 3. The van der Waals surface area contributed by atoms with E-state index in [4.69, 9.17) is 0 Å². The van der Waals surface area contributed by atoms with Crippen LogP contribution >= 0.6 is 0 Å². The molecule has 4 heteroatoms. The van der Waals surface area contributed by atoms with Gasteiger partial charge in [-0.1, -0.05) is 0 Å². The fourth-order valence-corrected chi connectivity index (χ4v) is 3.19. The van der Waals surface area contributed by atoms with Gasteiger partial charge in [0.25, 0.3) is 0 Å². The summed E-state index contributed by atoms with van der Waals surface area (Å²) < 4.78 is 0. The van der Waals surface area contributed by atoms with Gasteiger partial charge in [-0.2, -0.15) is 0 Å². The second-order valence-corrected chi connectivity index (χ2v) is 5.55. The smallest absolute Gasteiger partial charge is 0.226 e. The zero-order chi connectivity index (χ0) is 13.1. The molecule has 1 atom stereocenters. The van der Waals surface area contributed by atoms with Gasteiger partial charge in [-0.3, -0.25) is 9.59 Å². The molecule has 0 N–H and O–H groups in total. The quantitative estimate of drug-likeness (QED) is 0.715. The fourth-order valence-electron chi connectivity index (χ4n) is 3.19. The van der Waals surface area contributed by atoms with Crippen LogP contribution in [-0.2, 0) is 14.4 Å². The molecule has 4 nitrogen and oxygen atoms in total. The van der Waals surface area contributed by atoms with E-state index in [2.05, 4.69) is 0 Å². The van der Waals surface area contributed by atoms with Crippen LogP contribution in [0.15, 0.2) is 0 Å². The highest BCUT2D eigenvalue weighted by atomic mass is 16.2. The highest BCUT2D eigenvalue weighted by Gasteiger charge is 2.36. The number of hydrogen-bond acceptors (Lipinski definition) is 3. The summed E-state index contributed by atoms with van der Waals surface area (Å²) in [6.45, 7) is 2.29. The van der Waals surface area contributed by atoms with Crippen LogP contribution in [0.4, 0.5) is 0 Å². The molecule has 0 bridgehead atoms. The first-order valence-electron chi connectivity index (χ1n) is 6.89. The molecule has 2 fully saturated rings. The average molecular weight is 251 g/mol. The van der Waals surface area contributed by atoms with Crippen LogP contribution in [0, 0.1) is 11.8 Å². The largest absolute Gasteiger partial charge is 0.332 e. The molecule has 1 heterocycles. The predicted molar refractivity (Wildman–Crippen MR) is 66.9 cm³/mol. The van der Waals surface area contributed by atoms with Crippen molar-refractivity contribution in [2.24, 2.45) is 11.8 Å². The summed E-state index contributed by atoms with van der Waals surface area (Å²) in [5, 5.41) is 0. The molecule has 0 radical (unpaired) electrons. The third kappa shape index (κ3) is 2.62. The van der Waals surface area contributed by atoms with Crippen LogP contribution in [0.1, 0.15) is 45.4 Å². The molecule has 0 aromatic rings. The van der Waals surface area contributed by atoms with Crippen molar-refractivity contribution in [3.05, 3.63) is 0 Å². The maximum Gasteiger partial charge on any atom is 0.226 e. The summed E-state index contributed by atoms with van der Waals surface area (Å²) in [7, 11) is 0. The lowest BCUT2D eigenvalue weighted by molar-refractivity contribution is -0.141. The number of likely N-dealkylation sites (tertiary alicyclic amines) is 1. The average Bonchev–Trinajstić information content (AvgIpc) is 2.87. The Morgan fingerprint density at radius 1 is 1.11 bits per heavy atom. The minimum absolute atomic E-state index is 0.0288. The van der Waals surface area contributed by atoms with Crippen molar-refractivity contribution >= 4 is 18.0 Å². The summed E-state index contributed by atoms with van der Waals surface area (Å²) in [4.78, 5) is 36.4. The zero-order valence-corrected chi connectivity index (χ0v) is 10.9. The van der Waals surface area contributed by atoms with Gasteiger partial charge < -0.3 is 9.69 Å². The monoisotopic (exact) mass is 251 g/mol. The lowest BCUT2D eigenvalue weighted by atomic mass is 9.82. The van der Waals surface area contributed by atoms with Crippen molar-refractivity contribution in [3.8, 4) is 0 Å². The van der Waals surface area contributed by atoms with E-state index in [-0.39, 0.29) is 29.6 Å². The molecule has 100 valence electrons. The van der Waals surface area contributed by atoms with Crippen molar-refractivity contribution in [2.45, 2.75) is 51.5 Å². The first-order valence-corrected chi connectivity index (χ1v) is 6.89. The number of aldehydes is 1. The Hall–Kier alpha value is -1.19. The molecule has 2 aliphatic rings. The van der Waals surface area contributed by atoms with Gasteiger partial charge >= 0.3 is 0 Å². The van der Waals surface area contributed by atoms with Crippen LogP contribution in [0.3, 0.4) is 0 Å². The number of ketones is 1. The Labute approximate surface area is 108 Å². The lowest BCUT2D eigenvalue weighted by Gasteiger charge is -2.31. The Morgan fingerprint density at radius 2 is 1.78 bits per heavy atom. The molecule has 1 saturated carbocycles. The Balaban J connectivity index is 1.95. The fraction of sp³-hybridized carbons (Fsp3) is 0.786. The van der Waals surface area contributed by atoms with E-state index in [0.29, 0.717) is 0 Å². The van der Waals surface area contributed by atoms with Crippen LogP contribution in [0.5, 0.6) is 0 Å². The number of carbonyl (C=O) groups is 3. The van der Waals surface area contributed by atoms with Gasteiger partial charge in [0.2, 0.25) is 5.91 Å². The maximum atomic E-state index is 12.4. The van der Waals surface area contributed by atoms with Gasteiger partial charge in [-0.15, -0.1) is 0 Å². The molecule has 1 aliphatic carbocycles. The Kier molecular flexibility index (Phi) is 4.15. The standard InChI is InChI=1S/C14H21NO3/c1-10(17)13-3-2-8-15(13)14(18)12-6-4-11(9-16)5-7-12/h9,11-13H,2-8H2,1H3. The van der Waals surface area contributed by atoms with Gasteiger partial charge in [-0.05, 0) is 45.4 Å². The highest BCUT2D eigenvalue weighted by Crippen LogP contribution is 2.31. The van der Waals surface area contributed by atoms with Gasteiger partial charge in [0.05, 0.1) is 6.04 Å². The molecule has 1 saturated heterocycles. The third-order valence-electron chi connectivity index (χ3n) is 4.32. The molecule has 18 heavy (non-hydrogen) atoms. The second kappa shape index (κ2) is 5.63. The lowest BCUT2D eigenvalue weighted by Crippen LogP contribution is -2.43. The molecule has 0 aromatic heterocycles. The molecule has 1 amide bonds. The van der Waals surface area contributed by atoms with Gasteiger partial charge in [0.1, 0.15) is 6.29 Å². The molecular formula is C14H21NO3.